The molecule has 4 rings (SSSR count). The molecule has 0 saturated heterocycles. The molecule has 0 spiro atoms. The van der Waals surface area contributed by atoms with Gasteiger partial charge in [-0.25, -0.2) is 0 Å². The molecule has 1 amide bonds. The lowest BCUT2D eigenvalue weighted by atomic mass is 9.95. The van der Waals surface area contributed by atoms with Crippen LogP contribution in [0.4, 0.5) is 0 Å². The smallest absolute Gasteiger partial charge is 0.273 e. The van der Waals surface area contributed by atoms with E-state index in [9.17, 15) is 9.90 Å². The van der Waals surface area contributed by atoms with Crippen molar-refractivity contribution in [2.45, 2.75) is 12.5 Å². The molecule has 2 aromatic carbocycles. The Balaban J connectivity index is 1.81. The molecule has 156 valence electrons. The number of carbonyl (C=O) groups is 1. The topological polar surface area (TPSA) is 81.7 Å². The van der Waals surface area contributed by atoms with E-state index in [1.165, 1.54) is 7.11 Å². The van der Waals surface area contributed by atoms with E-state index in [1.807, 2.05) is 55.4 Å². The number of hydrogen-bond donors (Lipinski definition) is 2. The second-order valence-electron chi connectivity index (χ2n) is 7.72. The number of ether oxygens (including phenoxy) is 1. The summed E-state index contributed by atoms with van der Waals surface area (Å²) in [5, 5.41) is 17.5. The summed E-state index contributed by atoms with van der Waals surface area (Å²) in [6.07, 6.45) is 0.850. The summed E-state index contributed by atoms with van der Waals surface area (Å²) in [5.74, 6) is 0.391. The molecule has 2 N–H and O–H groups in total. The molecule has 7 nitrogen and oxygen atoms in total. The summed E-state index contributed by atoms with van der Waals surface area (Å²) in [6, 6.07) is 14.8. The average molecular weight is 406 g/mol. The van der Waals surface area contributed by atoms with Crippen LogP contribution in [0.15, 0.2) is 48.5 Å². The molecule has 0 bridgehead atoms. The summed E-state index contributed by atoms with van der Waals surface area (Å²) in [4.78, 5) is 17.3. The zero-order valence-corrected chi connectivity index (χ0v) is 17.4. The monoisotopic (exact) mass is 406 g/mol. The van der Waals surface area contributed by atoms with Gasteiger partial charge in [0.1, 0.15) is 5.69 Å². The lowest BCUT2D eigenvalue weighted by molar-refractivity contribution is 0.0738. The van der Waals surface area contributed by atoms with Crippen LogP contribution in [0.3, 0.4) is 0 Å². The van der Waals surface area contributed by atoms with Gasteiger partial charge in [-0.1, -0.05) is 36.4 Å². The molecule has 7 heteroatoms. The van der Waals surface area contributed by atoms with Crippen LogP contribution >= 0.6 is 0 Å². The number of methoxy groups -OCH3 is 1. The molecule has 1 aromatic heterocycles. The molecular weight excluding hydrogens is 380 g/mol. The number of aromatic hydroxyl groups is 1. The molecule has 0 fully saturated rings. The Kier molecular flexibility index (Phi) is 5.46. The zero-order chi connectivity index (χ0) is 21.3. The number of H-pyrrole nitrogens is 1. The molecule has 1 atom stereocenters. The van der Waals surface area contributed by atoms with Crippen LogP contribution < -0.4 is 4.74 Å². The summed E-state index contributed by atoms with van der Waals surface area (Å²) < 4.78 is 5.32. The van der Waals surface area contributed by atoms with Crippen molar-refractivity contribution in [1.29, 1.82) is 0 Å². The Morgan fingerprint density at radius 1 is 1.20 bits per heavy atom. The quantitative estimate of drug-likeness (QED) is 0.629. The molecule has 0 saturated carbocycles. The molecule has 30 heavy (non-hydrogen) atoms. The number of phenols is 1. The summed E-state index contributed by atoms with van der Waals surface area (Å²) in [5.41, 5.74) is 3.99. The first-order chi connectivity index (χ1) is 14.5. The lowest BCUT2D eigenvalue weighted by Gasteiger charge is -2.27. The molecular formula is C23H26N4O3. The number of rotatable bonds is 7. The maximum absolute atomic E-state index is 13.3. The number of amides is 1. The third-order valence-corrected chi connectivity index (χ3v) is 5.43. The maximum atomic E-state index is 13.3. The predicted octanol–water partition coefficient (Wildman–Crippen LogP) is 3.29. The minimum Gasteiger partial charge on any atom is -0.504 e. The van der Waals surface area contributed by atoms with E-state index in [0.29, 0.717) is 18.0 Å². The molecule has 0 aliphatic carbocycles. The van der Waals surface area contributed by atoms with Crippen LogP contribution in [0.5, 0.6) is 11.5 Å². The van der Waals surface area contributed by atoms with Gasteiger partial charge in [0, 0.05) is 17.7 Å². The number of aromatic nitrogens is 2. The summed E-state index contributed by atoms with van der Waals surface area (Å²) >= 11 is 0. The van der Waals surface area contributed by atoms with E-state index in [2.05, 4.69) is 15.1 Å². The first-order valence-corrected chi connectivity index (χ1v) is 9.97. The lowest BCUT2D eigenvalue weighted by Crippen LogP contribution is -2.32. The van der Waals surface area contributed by atoms with Crippen molar-refractivity contribution in [3.05, 3.63) is 65.4 Å². The van der Waals surface area contributed by atoms with Crippen LogP contribution in [0, 0.1) is 0 Å². The third-order valence-electron chi connectivity index (χ3n) is 5.43. The Labute approximate surface area is 175 Å². The van der Waals surface area contributed by atoms with Crippen LogP contribution in [-0.2, 0) is 0 Å². The first kappa shape index (κ1) is 20.0. The molecule has 1 aliphatic rings. The Bertz CT molecular complexity index is 1050. The van der Waals surface area contributed by atoms with E-state index in [-0.39, 0.29) is 17.7 Å². The van der Waals surface area contributed by atoms with Crippen molar-refractivity contribution in [2.24, 2.45) is 0 Å². The van der Waals surface area contributed by atoms with Crippen LogP contribution in [0.1, 0.15) is 34.1 Å². The highest BCUT2D eigenvalue weighted by Crippen LogP contribution is 2.44. The SMILES string of the molecule is COc1cc(C2c3c(-c4ccccc4)n[nH]c3C(=O)N2CCCN(C)C)ccc1O. The Hall–Kier alpha value is -3.32. The van der Waals surface area contributed by atoms with Crippen LogP contribution in [-0.4, -0.2) is 65.3 Å². The van der Waals surface area contributed by atoms with Crippen molar-refractivity contribution < 1.29 is 14.6 Å². The van der Waals surface area contributed by atoms with Crippen molar-refractivity contribution in [1.82, 2.24) is 20.0 Å². The number of nitrogens with zero attached hydrogens (tertiary/aromatic N) is 3. The number of hydrogen-bond acceptors (Lipinski definition) is 5. The minimum absolute atomic E-state index is 0.0597. The summed E-state index contributed by atoms with van der Waals surface area (Å²) in [6.45, 7) is 1.49. The van der Waals surface area contributed by atoms with Crippen molar-refractivity contribution in [3.63, 3.8) is 0 Å². The number of nitrogens with one attached hydrogen (secondary N) is 1. The van der Waals surface area contributed by atoms with Gasteiger partial charge in [-0.05, 0) is 44.8 Å². The van der Waals surface area contributed by atoms with Gasteiger partial charge in [0.25, 0.3) is 5.91 Å². The normalized spacial score (nSPS) is 15.7. The highest BCUT2D eigenvalue weighted by Gasteiger charge is 2.42. The maximum Gasteiger partial charge on any atom is 0.273 e. The fraction of sp³-hybridized carbons (Fsp3) is 0.304. The average Bonchev–Trinajstić information content (AvgIpc) is 3.28. The molecule has 1 aliphatic heterocycles. The van der Waals surface area contributed by atoms with Gasteiger partial charge in [-0.3, -0.25) is 9.89 Å². The predicted molar refractivity (Wildman–Crippen MR) is 115 cm³/mol. The van der Waals surface area contributed by atoms with E-state index in [0.717, 1.165) is 35.3 Å². The van der Waals surface area contributed by atoms with Crippen molar-refractivity contribution in [3.8, 4) is 22.8 Å². The largest absolute Gasteiger partial charge is 0.504 e. The van der Waals surface area contributed by atoms with Gasteiger partial charge in [0.05, 0.1) is 18.8 Å². The first-order valence-electron chi connectivity index (χ1n) is 9.97. The van der Waals surface area contributed by atoms with Gasteiger partial charge in [-0.2, -0.15) is 5.10 Å². The third kappa shape index (κ3) is 3.52. The number of benzene rings is 2. The zero-order valence-electron chi connectivity index (χ0n) is 17.4. The van der Waals surface area contributed by atoms with Crippen LogP contribution in [0.25, 0.3) is 11.3 Å². The standard InChI is InChI=1S/C23H26N4O3/c1-26(2)12-7-13-27-22(16-10-11-17(28)18(14-16)30-3)19-20(15-8-5-4-6-9-15)24-25-21(19)23(27)29/h4-6,8-11,14,22,28H,7,12-13H2,1-3H3,(H,24,25). The van der Waals surface area contributed by atoms with Gasteiger partial charge in [-0.15, -0.1) is 0 Å². The number of carbonyl (C=O) groups excluding carboxylic acids is 1. The summed E-state index contributed by atoms with van der Waals surface area (Å²) in [7, 11) is 5.56. The Morgan fingerprint density at radius 2 is 1.97 bits per heavy atom. The van der Waals surface area contributed by atoms with Gasteiger partial charge in [0.15, 0.2) is 11.5 Å². The van der Waals surface area contributed by atoms with Crippen molar-refractivity contribution in [2.75, 3.05) is 34.3 Å². The van der Waals surface area contributed by atoms with Gasteiger partial charge >= 0.3 is 0 Å². The highest BCUT2D eigenvalue weighted by molar-refractivity contribution is 6.00. The van der Waals surface area contributed by atoms with E-state index < -0.39 is 0 Å². The van der Waals surface area contributed by atoms with Crippen molar-refractivity contribution >= 4 is 5.91 Å². The molecule has 0 radical (unpaired) electrons. The van der Waals surface area contributed by atoms with Gasteiger partial charge in [0.2, 0.25) is 0 Å². The molecule has 1 unspecified atom stereocenters. The molecule has 3 aromatic rings. The number of aromatic amines is 1. The Morgan fingerprint density at radius 3 is 2.67 bits per heavy atom. The molecule has 2 heterocycles. The fourth-order valence-electron chi connectivity index (χ4n) is 4.01. The van der Waals surface area contributed by atoms with E-state index >= 15 is 0 Å². The van der Waals surface area contributed by atoms with Crippen LogP contribution in [0.2, 0.25) is 0 Å². The highest BCUT2D eigenvalue weighted by atomic mass is 16.5. The fourth-order valence-corrected chi connectivity index (χ4v) is 4.01. The van der Waals surface area contributed by atoms with E-state index in [1.54, 1.807) is 12.1 Å². The minimum atomic E-state index is -0.307. The number of phenolic OH excluding ortho intramolecular Hbond substituents is 1. The number of fused-ring (bicyclic) bond motifs is 1. The second-order valence-corrected chi connectivity index (χ2v) is 7.72. The van der Waals surface area contributed by atoms with Gasteiger partial charge < -0.3 is 19.6 Å². The van der Waals surface area contributed by atoms with E-state index in [4.69, 9.17) is 4.74 Å². The second kappa shape index (κ2) is 8.20.